The SMILES string of the molecule is O=C(c1cc(Cl)c2c(c1)OCO2)N1CCC(O)C1. The zero-order chi connectivity index (χ0) is 12.7. The summed E-state index contributed by atoms with van der Waals surface area (Å²) in [5, 5.41) is 9.81. The molecule has 96 valence electrons. The maximum Gasteiger partial charge on any atom is 0.254 e. The molecular formula is C12H12ClNO4. The van der Waals surface area contributed by atoms with Crippen LogP contribution in [0.3, 0.4) is 0 Å². The minimum atomic E-state index is -0.432. The molecule has 6 heteroatoms. The van der Waals surface area contributed by atoms with Gasteiger partial charge in [0, 0.05) is 18.7 Å². The van der Waals surface area contributed by atoms with E-state index < -0.39 is 6.10 Å². The number of carbonyl (C=O) groups excluding carboxylic acids is 1. The van der Waals surface area contributed by atoms with E-state index in [1.807, 2.05) is 0 Å². The topological polar surface area (TPSA) is 59.0 Å². The number of halogens is 1. The fourth-order valence-corrected chi connectivity index (χ4v) is 2.46. The number of hydrogen-bond donors (Lipinski definition) is 1. The summed E-state index contributed by atoms with van der Waals surface area (Å²) in [6.45, 7) is 1.05. The van der Waals surface area contributed by atoms with Crippen molar-refractivity contribution in [3.8, 4) is 11.5 Å². The Hall–Kier alpha value is -1.46. The molecule has 1 aromatic carbocycles. The molecule has 1 N–H and O–H groups in total. The Morgan fingerprint density at radius 3 is 3.00 bits per heavy atom. The van der Waals surface area contributed by atoms with Crippen LogP contribution in [-0.4, -0.2) is 41.9 Å². The smallest absolute Gasteiger partial charge is 0.254 e. The standard InChI is InChI=1S/C12H12ClNO4/c13-9-3-7(4-10-11(9)18-6-17-10)12(16)14-2-1-8(15)5-14/h3-4,8,15H,1-2,5-6H2. The number of fused-ring (bicyclic) bond motifs is 1. The first kappa shape index (κ1) is 11.6. The minimum Gasteiger partial charge on any atom is -0.454 e. The van der Waals surface area contributed by atoms with Gasteiger partial charge in [0.05, 0.1) is 11.1 Å². The van der Waals surface area contributed by atoms with Gasteiger partial charge in [0.15, 0.2) is 11.5 Å². The van der Waals surface area contributed by atoms with Crippen LogP contribution in [0.2, 0.25) is 5.02 Å². The maximum absolute atomic E-state index is 12.2. The van der Waals surface area contributed by atoms with Crippen LogP contribution in [0.4, 0.5) is 0 Å². The fraction of sp³-hybridized carbons (Fsp3) is 0.417. The third-order valence-electron chi connectivity index (χ3n) is 3.12. The van der Waals surface area contributed by atoms with Crippen LogP contribution in [0.1, 0.15) is 16.8 Å². The van der Waals surface area contributed by atoms with Crippen molar-refractivity contribution in [2.45, 2.75) is 12.5 Å². The molecule has 1 amide bonds. The number of ether oxygens (including phenoxy) is 2. The highest BCUT2D eigenvalue weighted by Gasteiger charge is 2.27. The van der Waals surface area contributed by atoms with Gasteiger partial charge < -0.3 is 19.5 Å². The van der Waals surface area contributed by atoms with Crippen molar-refractivity contribution in [3.63, 3.8) is 0 Å². The summed E-state index contributed by atoms with van der Waals surface area (Å²) in [6, 6.07) is 3.20. The Balaban J connectivity index is 1.88. The number of nitrogens with zero attached hydrogens (tertiary/aromatic N) is 1. The third-order valence-corrected chi connectivity index (χ3v) is 3.41. The molecule has 1 atom stereocenters. The summed E-state index contributed by atoms with van der Waals surface area (Å²) in [5.74, 6) is 0.826. The van der Waals surface area contributed by atoms with Crippen LogP contribution in [0.5, 0.6) is 11.5 Å². The zero-order valence-electron chi connectivity index (χ0n) is 9.56. The molecule has 0 bridgehead atoms. The molecule has 5 nitrogen and oxygen atoms in total. The lowest BCUT2D eigenvalue weighted by Gasteiger charge is -2.16. The lowest BCUT2D eigenvalue weighted by molar-refractivity contribution is 0.0764. The molecule has 0 aromatic heterocycles. The summed E-state index contributed by atoms with van der Waals surface area (Å²) < 4.78 is 10.4. The van der Waals surface area contributed by atoms with Gasteiger partial charge in [-0.2, -0.15) is 0 Å². The number of β-amino-alcohol motifs (C(OH)–C–C–N with tert-alkyl or cyclic N) is 1. The van der Waals surface area contributed by atoms with Crippen LogP contribution in [-0.2, 0) is 0 Å². The van der Waals surface area contributed by atoms with Gasteiger partial charge in [-0.25, -0.2) is 0 Å². The third kappa shape index (κ3) is 1.89. The number of aliphatic hydroxyl groups excluding tert-OH is 1. The summed E-state index contributed by atoms with van der Waals surface area (Å²) in [5.41, 5.74) is 0.457. The number of likely N-dealkylation sites (tertiary alicyclic amines) is 1. The highest BCUT2D eigenvalue weighted by atomic mass is 35.5. The van der Waals surface area contributed by atoms with Crippen LogP contribution < -0.4 is 9.47 Å². The molecule has 1 fully saturated rings. The Morgan fingerprint density at radius 1 is 1.44 bits per heavy atom. The number of amides is 1. The van der Waals surface area contributed by atoms with Crippen molar-refractivity contribution in [2.75, 3.05) is 19.9 Å². The van der Waals surface area contributed by atoms with Gasteiger partial charge in [-0.15, -0.1) is 0 Å². The van der Waals surface area contributed by atoms with Crippen molar-refractivity contribution < 1.29 is 19.4 Å². The van der Waals surface area contributed by atoms with Gasteiger partial charge in [0.1, 0.15) is 0 Å². The van der Waals surface area contributed by atoms with E-state index in [0.29, 0.717) is 41.6 Å². The quantitative estimate of drug-likeness (QED) is 0.834. The van der Waals surface area contributed by atoms with Gasteiger partial charge in [-0.05, 0) is 18.6 Å². The summed E-state index contributed by atoms with van der Waals surface area (Å²) in [4.78, 5) is 13.8. The molecule has 2 aliphatic rings. The molecule has 0 aliphatic carbocycles. The van der Waals surface area contributed by atoms with E-state index in [1.54, 1.807) is 17.0 Å². The second kappa shape index (κ2) is 4.33. The molecule has 18 heavy (non-hydrogen) atoms. The monoisotopic (exact) mass is 269 g/mol. The second-order valence-corrected chi connectivity index (χ2v) is 4.79. The lowest BCUT2D eigenvalue weighted by atomic mass is 10.2. The molecule has 3 rings (SSSR count). The number of hydrogen-bond acceptors (Lipinski definition) is 4. The summed E-state index contributed by atoms with van der Waals surface area (Å²) in [6.07, 6.45) is 0.183. The normalized spacial score (nSPS) is 21.4. The first-order valence-electron chi connectivity index (χ1n) is 5.71. The maximum atomic E-state index is 12.2. The first-order chi connectivity index (χ1) is 8.65. The predicted octanol–water partition coefficient (Wildman–Crippen LogP) is 1.28. The first-order valence-corrected chi connectivity index (χ1v) is 6.09. The van der Waals surface area contributed by atoms with Crippen molar-refractivity contribution in [2.24, 2.45) is 0 Å². The lowest BCUT2D eigenvalue weighted by Crippen LogP contribution is -2.29. The minimum absolute atomic E-state index is 0.120. The Kier molecular flexibility index (Phi) is 2.80. The number of benzene rings is 1. The van der Waals surface area contributed by atoms with E-state index in [0.717, 1.165) is 0 Å². The molecule has 2 aliphatic heterocycles. The van der Waals surface area contributed by atoms with Crippen LogP contribution in [0.25, 0.3) is 0 Å². The van der Waals surface area contributed by atoms with Crippen molar-refractivity contribution in [3.05, 3.63) is 22.7 Å². The van der Waals surface area contributed by atoms with Gasteiger partial charge in [0.25, 0.3) is 5.91 Å². The Labute approximate surface area is 109 Å². The molecular weight excluding hydrogens is 258 g/mol. The number of aliphatic hydroxyl groups is 1. The van der Waals surface area contributed by atoms with E-state index in [4.69, 9.17) is 21.1 Å². The van der Waals surface area contributed by atoms with Crippen molar-refractivity contribution >= 4 is 17.5 Å². The average Bonchev–Trinajstić information content (AvgIpc) is 2.96. The van der Waals surface area contributed by atoms with Gasteiger partial charge in [-0.1, -0.05) is 11.6 Å². The Bertz CT molecular complexity index is 505. The van der Waals surface area contributed by atoms with Gasteiger partial charge >= 0.3 is 0 Å². The van der Waals surface area contributed by atoms with Gasteiger partial charge in [-0.3, -0.25) is 4.79 Å². The van der Waals surface area contributed by atoms with E-state index in [9.17, 15) is 9.90 Å². The molecule has 1 aromatic rings. The molecule has 0 spiro atoms. The molecule has 0 saturated carbocycles. The average molecular weight is 270 g/mol. The molecule has 0 radical (unpaired) electrons. The summed E-state index contributed by atoms with van der Waals surface area (Å²) >= 11 is 6.03. The second-order valence-electron chi connectivity index (χ2n) is 4.39. The molecule has 2 heterocycles. The van der Waals surface area contributed by atoms with Crippen molar-refractivity contribution in [1.82, 2.24) is 4.90 Å². The fourth-order valence-electron chi connectivity index (χ4n) is 2.20. The predicted molar refractivity (Wildman–Crippen MR) is 64.1 cm³/mol. The van der Waals surface area contributed by atoms with Gasteiger partial charge in [0.2, 0.25) is 6.79 Å². The molecule has 1 saturated heterocycles. The zero-order valence-corrected chi connectivity index (χ0v) is 10.3. The van der Waals surface area contributed by atoms with E-state index in [1.165, 1.54) is 0 Å². The van der Waals surface area contributed by atoms with E-state index in [-0.39, 0.29) is 12.7 Å². The highest BCUT2D eigenvalue weighted by molar-refractivity contribution is 6.32. The Morgan fingerprint density at radius 2 is 2.28 bits per heavy atom. The largest absolute Gasteiger partial charge is 0.454 e. The summed E-state index contributed by atoms with van der Waals surface area (Å²) in [7, 11) is 0. The van der Waals surface area contributed by atoms with Crippen LogP contribution in [0, 0.1) is 0 Å². The van der Waals surface area contributed by atoms with E-state index >= 15 is 0 Å². The van der Waals surface area contributed by atoms with E-state index in [2.05, 4.69) is 0 Å². The highest BCUT2D eigenvalue weighted by Crippen LogP contribution is 2.40. The van der Waals surface area contributed by atoms with Crippen molar-refractivity contribution in [1.29, 1.82) is 0 Å². The molecule has 1 unspecified atom stereocenters. The van der Waals surface area contributed by atoms with Crippen LogP contribution in [0.15, 0.2) is 12.1 Å². The number of carbonyl (C=O) groups is 1. The van der Waals surface area contributed by atoms with Crippen LogP contribution >= 0.6 is 11.6 Å². The number of rotatable bonds is 1.